The SMILES string of the molecule is CN1CC[C@]23CCCC[C@H]2[C@H]1Cc1ccc(C(=O)c2ccccc2)cc13. The van der Waals surface area contributed by atoms with Crippen LogP contribution in [0, 0.1) is 5.92 Å². The fraction of sp³-hybridized carbons (Fsp3) is 0.458. The van der Waals surface area contributed by atoms with Crippen LogP contribution in [0.1, 0.15) is 59.2 Å². The van der Waals surface area contributed by atoms with E-state index in [4.69, 9.17) is 0 Å². The third-order valence-electron chi connectivity index (χ3n) is 7.41. The maximum Gasteiger partial charge on any atom is 0.193 e. The Bertz CT molecular complexity index is 843. The fourth-order valence-electron chi connectivity index (χ4n) is 6.09. The Morgan fingerprint density at radius 3 is 2.73 bits per heavy atom. The minimum atomic E-state index is 0.159. The number of benzene rings is 2. The number of fused-ring (bicyclic) bond motifs is 1. The van der Waals surface area contributed by atoms with Gasteiger partial charge >= 0.3 is 0 Å². The van der Waals surface area contributed by atoms with Crippen LogP contribution in [0.5, 0.6) is 0 Å². The van der Waals surface area contributed by atoms with Gasteiger partial charge in [0.25, 0.3) is 0 Å². The minimum absolute atomic E-state index is 0.159. The third kappa shape index (κ3) is 2.31. The number of likely N-dealkylation sites (N-methyl/N-ethyl adjacent to an activating group) is 1. The third-order valence-corrected chi connectivity index (χ3v) is 7.41. The van der Waals surface area contributed by atoms with Gasteiger partial charge in [-0.05, 0) is 62.4 Å². The number of piperidine rings is 1. The number of rotatable bonds is 2. The Labute approximate surface area is 156 Å². The fourth-order valence-corrected chi connectivity index (χ4v) is 6.09. The molecule has 2 aromatic carbocycles. The molecular formula is C24H27NO. The maximum absolute atomic E-state index is 13.0. The Morgan fingerprint density at radius 1 is 1.04 bits per heavy atom. The molecule has 2 fully saturated rings. The molecule has 0 unspecified atom stereocenters. The molecule has 0 N–H and O–H groups in total. The van der Waals surface area contributed by atoms with Crippen molar-refractivity contribution < 1.29 is 4.79 Å². The van der Waals surface area contributed by atoms with E-state index in [1.807, 2.05) is 30.3 Å². The summed E-state index contributed by atoms with van der Waals surface area (Å²) in [5.41, 5.74) is 4.97. The highest BCUT2D eigenvalue weighted by molar-refractivity contribution is 6.09. The second-order valence-corrected chi connectivity index (χ2v) is 8.58. The van der Waals surface area contributed by atoms with E-state index in [1.54, 1.807) is 0 Å². The van der Waals surface area contributed by atoms with Gasteiger partial charge in [0.05, 0.1) is 0 Å². The molecule has 1 saturated carbocycles. The molecule has 1 aliphatic heterocycles. The molecule has 1 heterocycles. The molecule has 2 bridgehead atoms. The average molecular weight is 345 g/mol. The van der Waals surface area contributed by atoms with Crippen LogP contribution in [0.2, 0.25) is 0 Å². The Balaban J connectivity index is 1.61. The zero-order valence-corrected chi connectivity index (χ0v) is 15.6. The van der Waals surface area contributed by atoms with Crippen molar-refractivity contribution >= 4 is 5.78 Å². The van der Waals surface area contributed by atoms with Crippen LogP contribution in [-0.4, -0.2) is 30.3 Å². The molecule has 5 rings (SSSR count). The standard InChI is InChI=1S/C24H27NO/c1-25-14-13-24-12-6-5-9-20(24)22(25)16-18-10-11-19(15-21(18)24)23(26)17-7-3-2-4-8-17/h2-4,7-8,10-11,15,20,22H,5-6,9,12-14,16H2,1H3/t20-,22+,24+/m0/s1. The highest BCUT2D eigenvalue weighted by Crippen LogP contribution is 2.55. The Hall–Kier alpha value is -1.93. The Morgan fingerprint density at radius 2 is 1.88 bits per heavy atom. The monoisotopic (exact) mass is 345 g/mol. The number of carbonyl (C=O) groups is 1. The summed E-state index contributed by atoms with van der Waals surface area (Å²) in [6.07, 6.45) is 7.76. The molecule has 134 valence electrons. The van der Waals surface area contributed by atoms with Crippen LogP contribution in [0.15, 0.2) is 48.5 Å². The lowest BCUT2D eigenvalue weighted by molar-refractivity contribution is 0.00283. The first-order valence-electron chi connectivity index (χ1n) is 10.1. The van der Waals surface area contributed by atoms with Gasteiger partial charge < -0.3 is 4.90 Å². The van der Waals surface area contributed by atoms with Crippen molar-refractivity contribution in [3.8, 4) is 0 Å². The summed E-state index contributed by atoms with van der Waals surface area (Å²) in [4.78, 5) is 15.6. The van der Waals surface area contributed by atoms with Gasteiger partial charge in [-0.1, -0.05) is 55.3 Å². The van der Waals surface area contributed by atoms with E-state index < -0.39 is 0 Å². The van der Waals surface area contributed by atoms with Gasteiger partial charge in [0.1, 0.15) is 0 Å². The van der Waals surface area contributed by atoms with E-state index in [1.165, 1.54) is 49.8 Å². The summed E-state index contributed by atoms with van der Waals surface area (Å²) in [6, 6.07) is 17.0. The number of ketones is 1. The van der Waals surface area contributed by atoms with E-state index in [-0.39, 0.29) is 5.78 Å². The highest BCUT2D eigenvalue weighted by atomic mass is 16.1. The molecule has 3 aliphatic rings. The first kappa shape index (κ1) is 16.3. The van der Waals surface area contributed by atoms with Gasteiger partial charge in [0.2, 0.25) is 0 Å². The van der Waals surface area contributed by atoms with Crippen LogP contribution < -0.4 is 0 Å². The summed E-state index contributed by atoms with van der Waals surface area (Å²) in [5, 5.41) is 0. The van der Waals surface area contributed by atoms with E-state index >= 15 is 0 Å². The summed E-state index contributed by atoms with van der Waals surface area (Å²) in [7, 11) is 2.31. The predicted octanol–water partition coefficient (Wildman–Crippen LogP) is 4.61. The average Bonchev–Trinajstić information content (AvgIpc) is 2.70. The van der Waals surface area contributed by atoms with Crippen molar-refractivity contribution in [2.75, 3.05) is 13.6 Å². The molecule has 0 amide bonds. The first-order chi connectivity index (χ1) is 12.7. The van der Waals surface area contributed by atoms with Crippen LogP contribution >= 0.6 is 0 Å². The molecule has 0 radical (unpaired) electrons. The van der Waals surface area contributed by atoms with Gasteiger partial charge in [-0.3, -0.25) is 4.79 Å². The lowest BCUT2D eigenvalue weighted by Crippen LogP contribution is -2.59. The number of carbonyl (C=O) groups excluding carboxylic acids is 1. The van der Waals surface area contributed by atoms with E-state index in [0.29, 0.717) is 11.5 Å². The summed E-state index contributed by atoms with van der Waals surface area (Å²) < 4.78 is 0. The highest BCUT2D eigenvalue weighted by Gasteiger charge is 2.53. The number of hydrogen-bond acceptors (Lipinski definition) is 2. The van der Waals surface area contributed by atoms with Crippen LogP contribution in [0.25, 0.3) is 0 Å². The predicted molar refractivity (Wildman–Crippen MR) is 105 cm³/mol. The van der Waals surface area contributed by atoms with Crippen molar-refractivity contribution in [3.05, 3.63) is 70.8 Å². The van der Waals surface area contributed by atoms with Gasteiger partial charge in [0.15, 0.2) is 5.78 Å². The molecule has 26 heavy (non-hydrogen) atoms. The van der Waals surface area contributed by atoms with Crippen molar-refractivity contribution in [2.45, 2.75) is 50.0 Å². The van der Waals surface area contributed by atoms with Gasteiger partial charge in [0, 0.05) is 22.6 Å². The lowest BCUT2D eigenvalue weighted by atomic mass is 9.52. The zero-order valence-electron chi connectivity index (χ0n) is 15.6. The largest absolute Gasteiger partial charge is 0.303 e. The van der Waals surface area contributed by atoms with E-state index in [0.717, 1.165) is 23.5 Å². The second kappa shape index (κ2) is 6.06. The molecule has 2 aliphatic carbocycles. The van der Waals surface area contributed by atoms with Crippen LogP contribution in [-0.2, 0) is 11.8 Å². The van der Waals surface area contributed by atoms with Crippen molar-refractivity contribution in [1.29, 1.82) is 0 Å². The minimum Gasteiger partial charge on any atom is -0.303 e. The van der Waals surface area contributed by atoms with Crippen molar-refractivity contribution in [3.63, 3.8) is 0 Å². The van der Waals surface area contributed by atoms with Crippen LogP contribution in [0.3, 0.4) is 0 Å². The van der Waals surface area contributed by atoms with E-state index in [2.05, 4.69) is 30.1 Å². The number of hydrogen-bond donors (Lipinski definition) is 0. The number of nitrogens with zero attached hydrogens (tertiary/aromatic N) is 1. The first-order valence-corrected chi connectivity index (χ1v) is 10.1. The molecule has 2 nitrogen and oxygen atoms in total. The normalized spacial score (nSPS) is 30.3. The molecular weight excluding hydrogens is 318 g/mol. The smallest absolute Gasteiger partial charge is 0.193 e. The zero-order chi connectivity index (χ0) is 17.7. The van der Waals surface area contributed by atoms with Crippen LogP contribution in [0.4, 0.5) is 0 Å². The Kier molecular flexibility index (Phi) is 3.79. The molecule has 0 spiro atoms. The van der Waals surface area contributed by atoms with Crippen molar-refractivity contribution in [1.82, 2.24) is 4.90 Å². The molecule has 2 aromatic rings. The summed E-state index contributed by atoms with van der Waals surface area (Å²) >= 11 is 0. The van der Waals surface area contributed by atoms with E-state index in [9.17, 15) is 4.79 Å². The topological polar surface area (TPSA) is 20.3 Å². The molecule has 0 aromatic heterocycles. The molecule has 3 atom stereocenters. The van der Waals surface area contributed by atoms with Gasteiger partial charge in [-0.25, -0.2) is 0 Å². The maximum atomic E-state index is 13.0. The van der Waals surface area contributed by atoms with Gasteiger partial charge in [-0.2, -0.15) is 0 Å². The lowest BCUT2D eigenvalue weighted by Gasteiger charge is -2.58. The summed E-state index contributed by atoms with van der Waals surface area (Å²) in [5.74, 6) is 0.928. The molecule has 1 saturated heterocycles. The van der Waals surface area contributed by atoms with Gasteiger partial charge in [-0.15, -0.1) is 0 Å². The number of likely N-dealkylation sites (tertiary alicyclic amines) is 1. The quantitative estimate of drug-likeness (QED) is 0.741. The molecule has 2 heteroatoms. The summed E-state index contributed by atoms with van der Waals surface area (Å²) in [6.45, 7) is 1.19. The second-order valence-electron chi connectivity index (χ2n) is 8.58. The van der Waals surface area contributed by atoms with Crippen molar-refractivity contribution in [2.24, 2.45) is 5.92 Å².